The van der Waals surface area contributed by atoms with E-state index in [9.17, 15) is 4.39 Å². The smallest absolute Gasteiger partial charge is 0.193 e. The molecule has 0 atom stereocenters. The number of aromatic nitrogens is 1. The molecule has 1 aromatic carbocycles. The molecule has 0 saturated heterocycles. The van der Waals surface area contributed by atoms with Crippen molar-refractivity contribution in [2.24, 2.45) is 4.99 Å². The van der Waals surface area contributed by atoms with E-state index in [1.165, 1.54) is 6.07 Å². The van der Waals surface area contributed by atoms with Crippen molar-refractivity contribution in [1.82, 2.24) is 15.2 Å². The number of benzene rings is 1. The third kappa shape index (κ3) is 4.93. The van der Waals surface area contributed by atoms with Gasteiger partial charge in [-0.2, -0.15) is 0 Å². The van der Waals surface area contributed by atoms with Gasteiger partial charge in [0.15, 0.2) is 5.96 Å². The summed E-state index contributed by atoms with van der Waals surface area (Å²) in [5.74, 6) is 0.378. The summed E-state index contributed by atoms with van der Waals surface area (Å²) in [6.45, 7) is 1.06. The van der Waals surface area contributed by atoms with E-state index in [0.29, 0.717) is 29.6 Å². The molecule has 2 rings (SSSR count). The van der Waals surface area contributed by atoms with Crippen LogP contribution in [0.5, 0.6) is 0 Å². The topological polar surface area (TPSA) is 40.5 Å². The molecule has 0 saturated carbocycles. The van der Waals surface area contributed by atoms with Crippen molar-refractivity contribution in [2.45, 2.75) is 13.0 Å². The normalized spacial score (nSPS) is 11.4. The standard InChI is InChI=1S/C17H20ClFN4/c1-20-17(22-10-8-13-5-4-9-21-11-13)23(2)12-14-15(18)6-3-7-16(14)19/h3-7,9,11H,8,10,12H2,1-2H3,(H,20,22). The minimum Gasteiger partial charge on any atom is -0.356 e. The number of rotatable bonds is 5. The van der Waals surface area contributed by atoms with Crippen LogP contribution in [0.3, 0.4) is 0 Å². The molecule has 0 aliphatic rings. The second-order valence-corrected chi connectivity index (χ2v) is 5.55. The van der Waals surface area contributed by atoms with Crippen LogP contribution in [0.15, 0.2) is 47.7 Å². The van der Waals surface area contributed by atoms with Crippen molar-refractivity contribution in [3.63, 3.8) is 0 Å². The van der Waals surface area contributed by atoms with Gasteiger partial charge in [-0.05, 0) is 30.2 Å². The summed E-state index contributed by atoms with van der Waals surface area (Å²) in [5, 5.41) is 3.68. The van der Waals surface area contributed by atoms with Gasteiger partial charge in [-0.25, -0.2) is 4.39 Å². The average Bonchev–Trinajstić information content (AvgIpc) is 2.56. The van der Waals surface area contributed by atoms with Crippen LogP contribution < -0.4 is 5.32 Å². The van der Waals surface area contributed by atoms with Gasteiger partial charge in [0.25, 0.3) is 0 Å². The molecule has 1 N–H and O–H groups in total. The molecule has 122 valence electrons. The van der Waals surface area contributed by atoms with E-state index < -0.39 is 0 Å². The van der Waals surface area contributed by atoms with Crippen molar-refractivity contribution < 1.29 is 4.39 Å². The lowest BCUT2D eigenvalue weighted by Crippen LogP contribution is -2.39. The van der Waals surface area contributed by atoms with Gasteiger partial charge in [0.1, 0.15) is 5.82 Å². The third-order valence-corrected chi connectivity index (χ3v) is 3.80. The summed E-state index contributed by atoms with van der Waals surface area (Å²) in [7, 11) is 3.55. The molecule has 2 aromatic rings. The quantitative estimate of drug-likeness (QED) is 0.674. The molecule has 0 bridgehead atoms. The molecular formula is C17H20ClFN4. The van der Waals surface area contributed by atoms with E-state index >= 15 is 0 Å². The minimum absolute atomic E-state index is 0.310. The molecule has 0 aliphatic heterocycles. The third-order valence-electron chi connectivity index (χ3n) is 3.45. The summed E-state index contributed by atoms with van der Waals surface area (Å²) in [4.78, 5) is 10.2. The van der Waals surface area contributed by atoms with E-state index in [0.717, 1.165) is 12.0 Å². The Kier molecular flexibility index (Phi) is 6.35. The molecule has 0 amide bonds. The Morgan fingerprint density at radius 3 is 2.83 bits per heavy atom. The second kappa shape index (κ2) is 8.48. The van der Waals surface area contributed by atoms with Gasteiger partial charge in [0.05, 0.1) is 0 Å². The number of guanidine groups is 1. The van der Waals surface area contributed by atoms with Crippen LogP contribution in [-0.4, -0.2) is 36.5 Å². The largest absolute Gasteiger partial charge is 0.356 e. The maximum Gasteiger partial charge on any atom is 0.193 e. The Hall–Kier alpha value is -2.14. The number of halogens is 2. The Morgan fingerprint density at radius 1 is 1.35 bits per heavy atom. The van der Waals surface area contributed by atoms with Gasteiger partial charge >= 0.3 is 0 Å². The van der Waals surface area contributed by atoms with Gasteiger partial charge in [0.2, 0.25) is 0 Å². The van der Waals surface area contributed by atoms with Crippen molar-refractivity contribution in [2.75, 3.05) is 20.6 Å². The molecular weight excluding hydrogens is 315 g/mol. The van der Waals surface area contributed by atoms with E-state index in [1.807, 2.05) is 30.3 Å². The van der Waals surface area contributed by atoms with Crippen LogP contribution in [0.25, 0.3) is 0 Å². The molecule has 0 radical (unpaired) electrons. The first-order valence-electron chi connectivity index (χ1n) is 7.35. The Morgan fingerprint density at radius 2 is 2.17 bits per heavy atom. The summed E-state index contributed by atoms with van der Waals surface area (Å²) in [6, 6.07) is 8.64. The van der Waals surface area contributed by atoms with Crippen molar-refractivity contribution in [3.05, 3.63) is 64.7 Å². The van der Waals surface area contributed by atoms with Crippen molar-refractivity contribution in [3.8, 4) is 0 Å². The van der Waals surface area contributed by atoms with Gasteiger partial charge in [-0.1, -0.05) is 23.7 Å². The highest BCUT2D eigenvalue weighted by Gasteiger charge is 2.12. The molecule has 1 heterocycles. The van der Waals surface area contributed by atoms with E-state index in [4.69, 9.17) is 11.6 Å². The minimum atomic E-state index is -0.310. The number of pyridine rings is 1. The highest BCUT2D eigenvalue weighted by atomic mass is 35.5. The Labute approximate surface area is 141 Å². The highest BCUT2D eigenvalue weighted by Crippen LogP contribution is 2.20. The predicted octanol–water partition coefficient (Wildman–Crippen LogP) is 3.12. The van der Waals surface area contributed by atoms with Gasteiger partial charge in [0, 0.05) is 50.2 Å². The van der Waals surface area contributed by atoms with Crippen LogP contribution in [0.2, 0.25) is 5.02 Å². The maximum absolute atomic E-state index is 13.9. The number of nitrogens with one attached hydrogen (secondary N) is 1. The zero-order valence-electron chi connectivity index (χ0n) is 13.3. The van der Waals surface area contributed by atoms with Crippen LogP contribution >= 0.6 is 11.6 Å². The van der Waals surface area contributed by atoms with Crippen molar-refractivity contribution in [1.29, 1.82) is 0 Å². The second-order valence-electron chi connectivity index (χ2n) is 5.14. The zero-order chi connectivity index (χ0) is 16.7. The monoisotopic (exact) mass is 334 g/mol. The number of hydrogen-bond acceptors (Lipinski definition) is 2. The predicted molar refractivity (Wildman–Crippen MR) is 92.2 cm³/mol. The number of nitrogens with zero attached hydrogens (tertiary/aromatic N) is 3. The molecule has 0 unspecified atom stereocenters. The van der Waals surface area contributed by atoms with Gasteiger partial charge in [-0.15, -0.1) is 0 Å². The van der Waals surface area contributed by atoms with Gasteiger partial charge in [-0.3, -0.25) is 9.98 Å². The summed E-state index contributed by atoms with van der Waals surface area (Å²) in [6.07, 6.45) is 4.43. The molecule has 6 heteroatoms. The van der Waals surface area contributed by atoms with E-state index in [-0.39, 0.29) is 5.82 Å². The van der Waals surface area contributed by atoms with E-state index in [1.54, 1.807) is 25.4 Å². The zero-order valence-corrected chi connectivity index (χ0v) is 14.0. The Balaban J connectivity index is 1.92. The first-order valence-corrected chi connectivity index (χ1v) is 7.73. The molecule has 0 spiro atoms. The molecule has 4 nitrogen and oxygen atoms in total. The SMILES string of the molecule is CN=C(NCCc1cccnc1)N(C)Cc1c(F)cccc1Cl. The van der Waals surface area contributed by atoms with Crippen LogP contribution in [0.4, 0.5) is 4.39 Å². The summed E-state index contributed by atoms with van der Waals surface area (Å²) >= 11 is 6.07. The molecule has 1 aromatic heterocycles. The van der Waals surface area contributed by atoms with Crippen LogP contribution in [-0.2, 0) is 13.0 Å². The number of hydrogen-bond donors (Lipinski definition) is 1. The lowest BCUT2D eigenvalue weighted by molar-refractivity contribution is 0.461. The maximum atomic E-state index is 13.9. The summed E-state index contributed by atoms with van der Waals surface area (Å²) in [5.41, 5.74) is 1.61. The molecule has 23 heavy (non-hydrogen) atoms. The average molecular weight is 335 g/mol. The van der Waals surface area contributed by atoms with E-state index in [2.05, 4.69) is 15.3 Å². The van der Waals surface area contributed by atoms with Crippen molar-refractivity contribution >= 4 is 17.6 Å². The van der Waals surface area contributed by atoms with Crippen LogP contribution in [0, 0.1) is 5.82 Å². The lowest BCUT2D eigenvalue weighted by atomic mass is 10.2. The van der Waals surface area contributed by atoms with Gasteiger partial charge < -0.3 is 10.2 Å². The number of aliphatic imine (C=N–C) groups is 1. The summed E-state index contributed by atoms with van der Waals surface area (Å²) < 4.78 is 13.9. The fourth-order valence-corrected chi connectivity index (χ4v) is 2.47. The highest BCUT2D eigenvalue weighted by molar-refractivity contribution is 6.31. The molecule has 0 fully saturated rings. The first-order chi connectivity index (χ1) is 11.1. The Bertz CT molecular complexity index is 641. The first kappa shape index (κ1) is 17.2. The molecule has 0 aliphatic carbocycles. The fraction of sp³-hybridized carbons (Fsp3) is 0.294. The fourth-order valence-electron chi connectivity index (χ4n) is 2.24. The lowest BCUT2D eigenvalue weighted by Gasteiger charge is -2.23. The van der Waals surface area contributed by atoms with Crippen LogP contribution in [0.1, 0.15) is 11.1 Å².